The highest BCUT2D eigenvalue weighted by Crippen LogP contribution is 2.30. The predicted molar refractivity (Wildman–Crippen MR) is 82.2 cm³/mol. The molecule has 27 heavy (non-hydrogen) atoms. The van der Waals surface area contributed by atoms with Gasteiger partial charge in [0, 0.05) is 5.69 Å². The molecule has 12 heteroatoms. The molecule has 2 rings (SSSR count). The molecule has 0 aliphatic rings. The Balaban J connectivity index is 2.08. The molecule has 0 unspecified atom stereocenters. The molecule has 2 aromatic rings. The second-order valence-electron chi connectivity index (χ2n) is 5.16. The van der Waals surface area contributed by atoms with Gasteiger partial charge >= 0.3 is 18.4 Å². The van der Waals surface area contributed by atoms with Gasteiger partial charge in [-0.25, -0.2) is 17.9 Å². The fraction of sp³-hybridized carbons (Fsp3) is 0.133. The van der Waals surface area contributed by atoms with Gasteiger partial charge in [0.2, 0.25) is 0 Å². The standard InChI is InChI=1S/C15H10F6N2O3S/c16-14(17,18)9-1-5-11(6-2-9)22-13(24)23-27(25,26)12-7-3-10(4-8-12)15(19,20)21/h1-8H,(H2,22,23,24). The van der Waals surface area contributed by atoms with Crippen LogP contribution in [0.5, 0.6) is 0 Å². The van der Waals surface area contributed by atoms with E-state index in [1.165, 1.54) is 0 Å². The van der Waals surface area contributed by atoms with Crippen molar-refractivity contribution in [1.82, 2.24) is 4.72 Å². The SMILES string of the molecule is O=C(Nc1ccc(C(F)(F)F)cc1)NS(=O)(=O)c1ccc(C(F)(F)F)cc1. The van der Waals surface area contributed by atoms with Crippen molar-refractivity contribution in [2.24, 2.45) is 0 Å². The van der Waals surface area contributed by atoms with Crippen LogP contribution in [0.1, 0.15) is 11.1 Å². The zero-order valence-corrected chi connectivity index (χ0v) is 13.8. The van der Waals surface area contributed by atoms with Crippen molar-refractivity contribution >= 4 is 21.7 Å². The second kappa shape index (κ2) is 7.10. The van der Waals surface area contributed by atoms with Gasteiger partial charge in [-0.2, -0.15) is 26.3 Å². The summed E-state index contributed by atoms with van der Waals surface area (Å²) in [5.74, 6) is 0. The van der Waals surface area contributed by atoms with Gasteiger partial charge in [0.15, 0.2) is 0 Å². The smallest absolute Gasteiger partial charge is 0.307 e. The van der Waals surface area contributed by atoms with Crippen LogP contribution >= 0.6 is 0 Å². The number of anilines is 1. The van der Waals surface area contributed by atoms with Crippen LogP contribution < -0.4 is 10.0 Å². The second-order valence-corrected chi connectivity index (χ2v) is 6.84. The average molecular weight is 412 g/mol. The van der Waals surface area contributed by atoms with Crippen LogP contribution in [0, 0.1) is 0 Å². The number of nitrogens with one attached hydrogen (secondary N) is 2. The molecule has 0 radical (unpaired) electrons. The maximum Gasteiger partial charge on any atom is 0.416 e. The number of hydrogen-bond donors (Lipinski definition) is 2. The minimum absolute atomic E-state index is 0.122. The molecule has 0 aromatic heterocycles. The lowest BCUT2D eigenvalue weighted by molar-refractivity contribution is -0.138. The molecule has 0 saturated carbocycles. The van der Waals surface area contributed by atoms with E-state index in [-0.39, 0.29) is 5.69 Å². The molecule has 0 atom stereocenters. The van der Waals surface area contributed by atoms with E-state index >= 15 is 0 Å². The third-order valence-corrected chi connectivity index (χ3v) is 4.54. The lowest BCUT2D eigenvalue weighted by atomic mass is 10.2. The molecule has 5 nitrogen and oxygen atoms in total. The third-order valence-electron chi connectivity index (χ3n) is 3.19. The number of halogens is 6. The van der Waals surface area contributed by atoms with E-state index in [1.807, 2.05) is 5.32 Å². The van der Waals surface area contributed by atoms with Crippen LogP contribution in [0.2, 0.25) is 0 Å². The van der Waals surface area contributed by atoms with Crippen LogP contribution in [0.25, 0.3) is 0 Å². The van der Waals surface area contributed by atoms with E-state index in [2.05, 4.69) is 0 Å². The van der Waals surface area contributed by atoms with Gasteiger partial charge in [0.25, 0.3) is 10.0 Å². The summed E-state index contributed by atoms with van der Waals surface area (Å²) in [5.41, 5.74) is -2.16. The largest absolute Gasteiger partial charge is 0.416 e. The highest BCUT2D eigenvalue weighted by molar-refractivity contribution is 7.90. The number of rotatable bonds is 3. The Labute approximate surface area is 149 Å². The maximum atomic E-state index is 12.5. The number of urea groups is 1. The Morgan fingerprint density at radius 2 is 1.15 bits per heavy atom. The minimum atomic E-state index is -4.66. The van der Waals surface area contributed by atoms with Gasteiger partial charge in [0.05, 0.1) is 16.0 Å². The Kier molecular flexibility index (Phi) is 5.40. The summed E-state index contributed by atoms with van der Waals surface area (Å²) in [4.78, 5) is 11.1. The molecular weight excluding hydrogens is 402 g/mol. The molecule has 0 bridgehead atoms. The quantitative estimate of drug-likeness (QED) is 0.741. The van der Waals surface area contributed by atoms with E-state index in [9.17, 15) is 39.6 Å². The van der Waals surface area contributed by atoms with E-state index < -0.39 is 44.4 Å². The number of carbonyl (C=O) groups is 1. The zero-order valence-electron chi connectivity index (χ0n) is 13.0. The number of alkyl halides is 6. The molecule has 0 heterocycles. The topological polar surface area (TPSA) is 75.3 Å². The Morgan fingerprint density at radius 1 is 0.741 bits per heavy atom. The summed E-state index contributed by atoms with van der Waals surface area (Å²) in [6.07, 6.45) is -9.23. The van der Waals surface area contributed by atoms with Crippen LogP contribution in [0.3, 0.4) is 0 Å². The van der Waals surface area contributed by atoms with Crippen LogP contribution in [0.15, 0.2) is 53.4 Å². The predicted octanol–water partition coefficient (Wildman–Crippen LogP) is 4.23. The molecule has 2 N–H and O–H groups in total. The first kappa shape index (κ1) is 20.6. The van der Waals surface area contributed by atoms with Crippen LogP contribution in [0.4, 0.5) is 36.8 Å². The molecule has 2 amide bonds. The van der Waals surface area contributed by atoms with Crippen molar-refractivity contribution in [3.8, 4) is 0 Å². The van der Waals surface area contributed by atoms with E-state index in [0.29, 0.717) is 36.4 Å². The molecule has 0 saturated heterocycles. The summed E-state index contributed by atoms with van der Waals surface area (Å²) in [6, 6.07) is 4.27. The number of carbonyl (C=O) groups excluding carboxylic acids is 1. The monoisotopic (exact) mass is 412 g/mol. The molecule has 0 spiro atoms. The van der Waals surface area contributed by atoms with Crippen molar-refractivity contribution in [3.05, 3.63) is 59.7 Å². The van der Waals surface area contributed by atoms with E-state index in [0.717, 1.165) is 12.1 Å². The summed E-state index contributed by atoms with van der Waals surface area (Å²) in [5, 5.41) is 2.01. The van der Waals surface area contributed by atoms with Gasteiger partial charge in [-0.3, -0.25) is 0 Å². The van der Waals surface area contributed by atoms with Crippen molar-refractivity contribution in [1.29, 1.82) is 0 Å². The van der Waals surface area contributed by atoms with Crippen molar-refractivity contribution in [2.75, 3.05) is 5.32 Å². The van der Waals surface area contributed by atoms with Crippen molar-refractivity contribution in [2.45, 2.75) is 17.2 Å². The molecule has 0 fully saturated rings. The Bertz CT molecular complexity index is 920. The zero-order chi connectivity index (χ0) is 20.5. The van der Waals surface area contributed by atoms with Gasteiger partial charge in [-0.05, 0) is 48.5 Å². The lowest BCUT2D eigenvalue weighted by Gasteiger charge is -2.11. The first-order chi connectivity index (χ1) is 12.3. The van der Waals surface area contributed by atoms with Crippen molar-refractivity contribution < 1.29 is 39.6 Å². The molecule has 146 valence electrons. The molecule has 0 aliphatic heterocycles. The van der Waals surface area contributed by atoms with E-state index in [1.54, 1.807) is 4.72 Å². The first-order valence-corrected chi connectivity index (χ1v) is 8.46. The van der Waals surface area contributed by atoms with Crippen LogP contribution in [-0.4, -0.2) is 14.4 Å². The fourth-order valence-corrected chi connectivity index (χ4v) is 2.81. The van der Waals surface area contributed by atoms with Gasteiger partial charge < -0.3 is 5.32 Å². The van der Waals surface area contributed by atoms with E-state index in [4.69, 9.17) is 0 Å². The first-order valence-electron chi connectivity index (χ1n) is 6.97. The molecule has 2 aromatic carbocycles. The lowest BCUT2D eigenvalue weighted by Crippen LogP contribution is -2.34. The summed E-state index contributed by atoms with van der Waals surface area (Å²) >= 11 is 0. The van der Waals surface area contributed by atoms with Crippen LogP contribution in [-0.2, 0) is 22.4 Å². The summed E-state index contributed by atoms with van der Waals surface area (Å²) < 4.78 is 100. The van der Waals surface area contributed by atoms with Gasteiger partial charge in [0.1, 0.15) is 0 Å². The molecule has 0 aliphatic carbocycles. The normalized spacial score (nSPS) is 12.5. The highest BCUT2D eigenvalue weighted by Gasteiger charge is 2.31. The van der Waals surface area contributed by atoms with Gasteiger partial charge in [-0.15, -0.1) is 0 Å². The number of benzene rings is 2. The average Bonchev–Trinajstić information content (AvgIpc) is 2.53. The number of amides is 2. The van der Waals surface area contributed by atoms with Gasteiger partial charge in [-0.1, -0.05) is 0 Å². The Morgan fingerprint density at radius 3 is 1.56 bits per heavy atom. The number of sulfonamides is 1. The van der Waals surface area contributed by atoms with Crippen molar-refractivity contribution in [3.63, 3.8) is 0 Å². The Hall–Kier alpha value is -2.76. The highest BCUT2D eigenvalue weighted by atomic mass is 32.2. The summed E-state index contributed by atoms with van der Waals surface area (Å²) in [6.45, 7) is 0. The fourth-order valence-electron chi connectivity index (χ4n) is 1.90. The maximum absolute atomic E-state index is 12.5. The third kappa shape index (κ3) is 5.36. The minimum Gasteiger partial charge on any atom is -0.307 e. The molecular formula is C15H10F6N2O3S. The summed E-state index contributed by atoms with van der Waals surface area (Å²) in [7, 11) is -4.48. The number of hydrogen-bond acceptors (Lipinski definition) is 3.